The topological polar surface area (TPSA) is 42.0 Å². The van der Waals surface area contributed by atoms with Gasteiger partial charge >= 0.3 is 0 Å². The molecule has 7 heteroatoms. The number of hydrogen-bond acceptors (Lipinski definition) is 3. The minimum atomic E-state index is -0.101. The monoisotopic (exact) mass is 500 g/mol. The second-order valence-corrected chi connectivity index (χ2v) is 9.71. The lowest BCUT2D eigenvalue weighted by Gasteiger charge is -2.17. The molecule has 0 spiro atoms. The van der Waals surface area contributed by atoms with Crippen molar-refractivity contribution in [3.05, 3.63) is 116 Å². The predicted molar refractivity (Wildman–Crippen MR) is 134 cm³/mol. The van der Waals surface area contributed by atoms with Gasteiger partial charge in [0.05, 0.1) is 0 Å². The van der Waals surface area contributed by atoms with E-state index in [4.69, 9.17) is 34.8 Å². The number of anilines is 1. The van der Waals surface area contributed by atoms with Crippen LogP contribution in [0.5, 0.6) is 0 Å². The Kier molecular flexibility index (Phi) is 7.48. The molecule has 0 bridgehead atoms. The lowest BCUT2D eigenvalue weighted by molar-refractivity contribution is -0.116. The molecule has 1 amide bonds. The third-order valence-corrected chi connectivity index (χ3v) is 6.80. The van der Waals surface area contributed by atoms with Gasteiger partial charge in [-0.3, -0.25) is 4.79 Å². The number of halogens is 3. The first-order chi connectivity index (χ1) is 15.5. The smallest absolute Gasteiger partial charge is 0.227 e. The molecule has 162 valence electrons. The van der Waals surface area contributed by atoms with Crippen molar-refractivity contribution < 1.29 is 4.79 Å². The van der Waals surface area contributed by atoms with E-state index in [1.54, 1.807) is 18.3 Å². The van der Waals surface area contributed by atoms with Gasteiger partial charge in [-0.2, -0.15) is 0 Å². The van der Waals surface area contributed by atoms with E-state index in [-0.39, 0.29) is 11.8 Å². The van der Waals surface area contributed by atoms with Gasteiger partial charge in [0.2, 0.25) is 5.91 Å². The maximum atomic E-state index is 12.9. The van der Waals surface area contributed by atoms with Crippen LogP contribution < -0.4 is 5.32 Å². The molecule has 3 aromatic carbocycles. The molecular weight excluding hydrogens is 483 g/mol. The summed E-state index contributed by atoms with van der Waals surface area (Å²) >= 11 is 19.8. The summed E-state index contributed by atoms with van der Waals surface area (Å²) < 4.78 is 0. The largest absolute Gasteiger partial charge is 0.302 e. The van der Waals surface area contributed by atoms with Crippen LogP contribution in [0, 0.1) is 0 Å². The number of hydrogen-bond donors (Lipinski definition) is 1. The quantitative estimate of drug-likeness (QED) is 0.280. The minimum absolute atomic E-state index is 0.0850. The minimum Gasteiger partial charge on any atom is -0.302 e. The van der Waals surface area contributed by atoms with Crippen LogP contribution in [-0.4, -0.2) is 10.9 Å². The van der Waals surface area contributed by atoms with Crippen LogP contribution in [0.15, 0.2) is 79.0 Å². The second kappa shape index (κ2) is 10.5. The van der Waals surface area contributed by atoms with Gasteiger partial charge in [-0.15, -0.1) is 11.3 Å². The molecule has 1 heterocycles. The van der Waals surface area contributed by atoms with Crippen molar-refractivity contribution in [2.75, 3.05) is 5.32 Å². The summed E-state index contributed by atoms with van der Waals surface area (Å²) in [5, 5.41) is 5.46. The summed E-state index contributed by atoms with van der Waals surface area (Å²) in [5.41, 5.74) is 3.03. The first kappa shape index (κ1) is 22.8. The highest BCUT2D eigenvalue weighted by Crippen LogP contribution is 2.31. The molecule has 0 fully saturated rings. The van der Waals surface area contributed by atoms with Crippen LogP contribution in [0.25, 0.3) is 0 Å². The van der Waals surface area contributed by atoms with Crippen LogP contribution in [0.2, 0.25) is 15.1 Å². The normalized spacial score (nSPS) is 11.8. The van der Waals surface area contributed by atoms with Crippen molar-refractivity contribution in [3.63, 3.8) is 0 Å². The molecule has 0 aliphatic carbocycles. The molecule has 4 rings (SSSR count). The molecule has 1 N–H and O–H groups in total. The van der Waals surface area contributed by atoms with Crippen LogP contribution in [0.1, 0.15) is 33.9 Å². The van der Waals surface area contributed by atoms with E-state index in [2.05, 4.69) is 10.3 Å². The summed E-state index contributed by atoms with van der Waals surface area (Å²) in [6, 6.07) is 23.0. The zero-order chi connectivity index (χ0) is 22.5. The number of amides is 1. The summed E-state index contributed by atoms with van der Waals surface area (Å²) in [7, 11) is 0. The highest BCUT2D eigenvalue weighted by Gasteiger charge is 2.19. The van der Waals surface area contributed by atoms with E-state index in [1.807, 2.05) is 60.7 Å². The van der Waals surface area contributed by atoms with Crippen molar-refractivity contribution in [3.8, 4) is 0 Å². The van der Waals surface area contributed by atoms with Gasteiger partial charge in [0.1, 0.15) is 0 Å². The zero-order valence-corrected chi connectivity index (χ0v) is 20.0. The molecule has 0 aliphatic rings. The third-order valence-electron chi connectivity index (χ3n) is 5.04. The molecule has 1 unspecified atom stereocenters. The number of nitrogens with zero attached hydrogens (tertiary/aromatic N) is 1. The molecule has 1 atom stereocenters. The number of rotatable bonds is 7. The molecule has 0 saturated heterocycles. The lowest BCUT2D eigenvalue weighted by Crippen LogP contribution is -2.16. The fourth-order valence-corrected chi connectivity index (χ4v) is 4.83. The Morgan fingerprint density at radius 1 is 0.906 bits per heavy atom. The Balaban J connectivity index is 1.47. The zero-order valence-electron chi connectivity index (χ0n) is 16.9. The van der Waals surface area contributed by atoms with Gasteiger partial charge in [-0.25, -0.2) is 4.98 Å². The van der Waals surface area contributed by atoms with Crippen LogP contribution in [-0.2, 0) is 11.2 Å². The number of benzene rings is 3. The van der Waals surface area contributed by atoms with E-state index in [0.29, 0.717) is 33.0 Å². The van der Waals surface area contributed by atoms with Crippen molar-refractivity contribution >= 4 is 57.2 Å². The Morgan fingerprint density at radius 3 is 2.34 bits per heavy atom. The molecule has 3 nitrogen and oxygen atoms in total. The fraction of sp³-hybridized carbons (Fsp3) is 0.120. The average molecular weight is 502 g/mol. The number of thiazole rings is 1. The van der Waals surface area contributed by atoms with E-state index >= 15 is 0 Å². The molecule has 1 aromatic heterocycles. The lowest BCUT2D eigenvalue weighted by atomic mass is 9.88. The SMILES string of the molecule is O=C(CC(c1ccccc1)c1ccc(Cl)cc1)Nc1ncc(Cc2cc(Cl)ccc2Cl)s1. The van der Waals surface area contributed by atoms with Gasteiger partial charge in [0, 0.05) is 44.9 Å². The number of nitrogens with one attached hydrogen (secondary N) is 1. The number of carbonyl (C=O) groups is 1. The second-order valence-electron chi connectivity index (χ2n) is 7.31. The highest BCUT2D eigenvalue weighted by molar-refractivity contribution is 7.15. The van der Waals surface area contributed by atoms with Crippen molar-refractivity contribution in [2.45, 2.75) is 18.8 Å². The molecule has 4 aromatic rings. The van der Waals surface area contributed by atoms with Gasteiger partial charge in [-0.05, 0) is 47.0 Å². The van der Waals surface area contributed by atoms with Gasteiger partial charge in [-0.1, -0.05) is 77.3 Å². The first-order valence-electron chi connectivity index (χ1n) is 9.97. The van der Waals surface area contributed by atoms with Crippen LogP contribution in [0.4, 0.5) is 5.13 Å². The molecule has 0 saturated carbocycles. The summed E-state index contributed by atoms with van der Waals surface area (Å²) in [6.45, 7) is 0. The van der Waals surface area contributed by atoms with Crippen LogP contribution in [0.3, 0.4) is 0 Å². The van der Waals surface area contributed by atoms with E-state index < -0.39 is 0 Å². The molecule has 0 aliphatic heterocycles. The molecular formula is C25H19Cl3N2OS. The average Bonchev–Trinajstić information content (AvgIpc) is 3.22. The first-order valence-corrected chi connectivity index (χ1v) is 11.9. The van der Waals surface area contributed by atoms with Crippen molar-refractivity contribution in [1.82, 2.24) is 4.98 Å². The Labute approximate surface area is 206 Å². The predicted octanol–water partition coefficient (Wildman–Crippen LogP) is 7.85. The maximum Gasteiger partial charge on any atom is 0.227 e. The van der Waals surface area contributed by atoms with Gasteiger partial charge in [0.15, 0.2) is 5.13 Å². The number of carbonyl (C=O) groups excluding carboxylic acids is 1. The summed E-state index contributed by atoms with van der Waals surface area (Å²) in [4.78, 5) is 18.2. The number of aromatic nitrogens is 1. The van der Waals surface area contributed by atoms with Crippen molar-refractivity contribution in [1.29, 1.82) is 0 Å². The summed E-state index contributed by atoms with van der Waals surface area (Å²) in [5.74, 6) is -0.186. The Hall–Kier alpha value is -2.37. The van der Waals surface area contributed by atoms with E-state index in [0.717, 1.165) is 21.6 Å². The highest BCUT2D eigenvalue weighted by atomic mass is 35.5. The van der Waals surface area contributed by atoms with Gasteiger partial charge in [0.25, 0.3) is 0 Å². The van der Waals surface area contributed by atoms with Crippen LogP contribution >= 0.6 is 46.1 Å². The third kappa shape index (κ3) is 5.90. The fourth-order valence-electron chi connectivity index (χ4n) is 3.48. The Morgan fingerprint density at radius 2 is 1.59 bits per heavy atom. The van der Waals surface area contributed by atoms with Crippen molar-refractivity contribution in [2.24, 2.45) is 0 Å². The molecule has 0 radical (unpaired) electrons. The van der Waals surface area contributed by atoms with Gasteiger partial charge < -0.3 is 5.32 Å². The van der Waals surface area contributed by atoms with E-state index in [1.165, 1.54) is 11.3 Å². The molecule has 32 heavy (non-hydrogen) atoms. The standard InChI is InChI=1S/C25H19Cl3N2OS/c26-19-8-6-17(7-9-19)22(16-4-2-1-3-5-16)14-24(31)30-25-29-15-21(32-25)13-18-12-20(27)10-11-23(18)28/h1-12,15,22H,13-14H2,(H,29,30,31). The van der Waals surface area contributed by atoms with E-state index in [9.17, 15) is 4.79 Å². The maximum absolute atomic E-state index is 12.9. The summed E-state index contributed by atoms with van der Waals surface area (Å²) in [6.07, 6.45) is 2.65. The Bertz CT molecular complexity index is 1210.